The van der Waals surface area contributed by atoms with Gasteiger partial charge in [-0.2, -0.15) is 0 Å². The van der Waals surface area contributed by atoms with Crippen LogP contribution in [0.4, 0.5) is 0 Å². The van der Waals surface area contributed by atoms with Crippen molar-refractivity contribution in [1.82, 2.24) is 0 Å². The van der Waals surface area contributed by atoms with E-state index in [9.17, 15) is 13.2 Å². The highest BCUT2D eigenvalue weighted by Crippen LogP contribution is 2.17. The second kappa shape index (κ2) is 5.86. The normalized spacial score (nSPS) is 12.8. The summed E-state index contributed by atoms with van der Waals surface area (Å²) in [4.78, 5) is 10.9. The van der Waals surface area contributed by atoms with Gasteiger partial charge in [-0.3, -0.25) is 4.79 Å². The summed E-state index contributed by atoms with van der Waals surface area (Å²) in [6, 6.07) is 6.08. The van der Waals surface area contributed by atoms with Gasteiger partial charge >= 0.3 is 5.97 Å². The van der Waals surface area contributed by atoms with Crippen LogP contribution in [0.15, 0.2) is 29.2 Å². The second-order valence-corrected chi connectivity index (χ2v) is 5.91. The van der Waals surface area contributed by atoms with Crippen molar-refractivity contribution in [3.63, 3.8) is 0 Å². The number of benzene rings is 1. The van der Waals surface area contributed by atoms with Gasteiger partial charge in [0.1, 0.15) is 11.9 Å². The summed E-state index contributed by atoms with van der Waals surface area (Å²) in [5.41, 5.74) is 0. The van der Waals surface area contributed by atoms with Crippen LogP contribution in [0, 0.1) is 0 Å². The Labute approximate surface area is 107 Å². The molecule has 1 rings (SSSR count). The van der Waals surface area contributed by atoms with Gasteiger partial charge in [0.15, 0.2) is 9.84 Å². The molecule has 0 aliphatic rings. The lowest BCUT2D eigenvalue weighted by molar-refractivity contribution is -0.144. The molecule has 0 heterocycles. The lowest BCUT2D eigenvalue weighted by Gasteiger charge is -2.12. The number of hydrogen-bond acceptors (Lipinski definition) is 5. The van der Waals surface area contributed by atoms with E-state index in [-0.39, 0.29) is 10.6 Å². The van der Waals surface area contributed by atoms with Gasteiger partial charge in [0.2, 0.25) is 0 Å². The highest BCUT2D eigenvalue weighted by molar-refractivity contribution is 7.91. The van der Waals surface area contributed by atoms with Crippen LogP contribution >= 0.6 is 0 Å². The van der Waals surface area contributed by atoms with Gasteiger partial charge in [-0.1, -0.05) is 0 Å². The van der Waals surface area contributed by atoms with E-state index in [0.717, 1.165) is 0 Å². The maximum atomic E-state index is 12.0. The first-order chi connectivity index (χ1) is 8.35. The van der Waals surface area contributed by atoms with Crippen LogP contribution in [0.1, 0.15) is 13.8 Å². The first-order valence-electron chi connectivity index (χ1n) is 5.39. The molecule has 0 aromatic heterocycles. The van der Waals surface area contributed by atoms with Gasteiger partial charge in [-0.05, 0) is 31.2 Å². The molecule has 18 heavy (non-hydrogen) atoms. The molecule has 0 saturated heterocycles. The molecular formula is C12H16O5S. The number of hydrogen-bond donors (Lipinski definition) is 0. The molecule has 1 aromatic carbocycles. The minimum atomic E-state index is -3.46. The van der Waals surface area contributed by atoms with E-state index >= 15 is 0 Å². The molecule has 0 spiro atoms. The predicted molar refractivity (Wildman–Crippen MR) is 66.3 cm³/mol. The van der Waals surface area contributed by atoms with Gasteiger partial charge in [-0.15, -0.1) is 0 Å². The molecule has 0 radical (unpaired) electrons. The zero-order chi connectivity index (χ0) is 13.8. The highest BCUT2D eigenvalue weighted by Gasteiger charge is 2.20. The van der Waals surface area contributed by atoms with Crippen LogP contribution in [0.5, 0.6) is 5.75 Å². The molecule has 0 unspecified atom stereocenters. The minimum absolute atomic E-state index is 0.183. The average molecular weight is 272 g/mol. The summed E-state index contributed by atoms with van der Waals surface area (Å²) in [7, 11) is -1.96. The molecule has 0 saturated carbocycles. The van der Waals surface area contributed by atoms with Crippen LogP contribution in [0.2, 0.25) is 0 Å². The quantitative estimate of drug-likeness (QED) is 0.758. The molecule has 1 atom stereocenters. The van der Waals surface area contributed by atoms with Crippen molar-refractivity contribution in [2.24, 2.45) is 0 Å². The molecule has 0 N–H and O–H groups in total. The fourth-order valence-corrected chi connectivity index (χ4v) is 2.93. The Hall–Kier alpha value is -1.56. The number of methoxy groups -OCH3 is 1. The molecule has 0 aliphatic heterocycles. The summed E-state index contributed by atoms with van der Waals surface area (Å²) >= 11 is 0. The lowest BCUT2D eigenvalue weighted by atomic mass is 10.3. The number of carbonyl (C=O) groups is 1. The van der Waals surface area contributed by atoms with Crippen LogP contribution in [0.3, 0.4) is 0 Å². The van der Waals surface area contributed by atoms with E-state index in [4.69, 9.17) is 9.47 Å². The van der Waals surface area contributed by atoms with Crippen molar-refractivity contribution in [2.75, 3.05) is 12.9 Å². The van der Waals surface area contributed by atoms with E-state index in [1.165, 1.54) is 26.2 Å². The van der Waals surface area contributed by atoms with Crippen LogP contribution in [0.25, 0.3) is 0 Å². The van der Waals surface area contributed by atoms with Gasteiger partial charge < -0.3 is 9.47 Å². The smallest absolute Gasteiger partial charge is 0.302 e. The van der Waals surface area contributed by atoms with Crippen molar-refractivity contribution < 1.29 is 22.7 Å². The molecule has 5 nitrogen and oxygen atoms in total. The summed E-state index contributed by atoms with van der Waals surface area (Å²) < 4.78 is 33.7. The van der Waals surface area contributed by atoms with Crippen molar-refractivity contribution in [3.05, 3.63) is 24.3 Å². The monoisotopic (exact) mass is 272 g/mol. The first kappa shape index (κ1) is 14.5. The van der Waals surface area contributed by atoms with Gasteiger partial charge in [-0.25, -0.2) is 8.42 Å². The topological polar surface area (TPSA) is 69.7 Å². The summed E-state index contributed by atoms with van der Waals surface area (Å²) in [5.74, 6) is -0.145. The van der Waals surface area contributed by atoms with Crippen molar-refractivity contribution in [1.29, 1.82) is 0 Å². The Balaban J connectivity index is 2.82. The molecule has 1 aromatic rings. The Bertz CT molecular complexity index is 504. The fraction of sp³-hybridized carbons (Fsp3) is 0.417. The Kier molecular flexibility index (Phi) is 4.72. The Morgan fingerprint density at radius 1 is 1.28 bits per heavy atom. The van der Waals surface area contributed by atoms with Gasteiger partial charge in [0.05, 0.1) is 17.8 Å². The number of carbonyl (C=O) groups excluding carboxylic acids is 1. The standard InChI is InChI=1S/C12H16O5S/c1-9(17-10(2)13)8-18(14,15)12-6-4-11(16-3)5-7-12/h4-7,9H,8H2,1-3H3/t9-/m1/s1. The van der Waals surface area contributed by atoms with Crippen LogP contribution in [-0.4, -0.2) is 33.4 Å². The number of esters is 1. The Morgan fingerprint density at radius 2 is 1.83 bits per heavy atom. The van der Waals surface area contributed by atoms with E-state index < -0.39 is 21.9 Å². The van der Waals surface area contributed by atoms with E-state index in [1.807, 2.05) is 0 Å². The molecule has 0 aliphatic carbocycles. The third-order valence-corrected chi connectivity index (χ3v) is 4.14. The SMILES string of the molecule is COc1ccc(S(=O)(=O)C[C@@H](C)OC(C)=O)cc1. The Morgan fingerprint density at radius 3 is 2.28 bits per heavy atom. The van der Waals surface area contributed by atoms with Gasteiger partial charge in [0, 0.05) is 6.92 Å². The molecule has 0 amide bonds. The molecule has 6 heteroatoms. The summed E-state index contributed by atoms with van der Waals surface area (Å²) in [6.07, 6.45) is -0.672. The average Bonchev–Trinajstić information content (AvgIpc) is 2.27. The maximum Gasteiger partial charge on any atom is 0.302 e. The largest absolute Gasteiger partial charge is 0.497 e. The molecule has 100 valence electrons. The minimum Gasteiger partial charge on any atom is -0.497 e. The van der Waals surface area contributed by atoms with Crippen molar-refractivity contribution in [2.45, 2.75) is 24.8 Å². The summed E-state index contributed by atoms with van der Waals surface area (Å²) in [5, 5.41) is 0. The molecular weight excluding hydrogens is 256 g/mol. The molecule has 0 bridgehead atoms. The van der Waals surface area contributed by atoms with E-state index in [2.05, 4.69) is 0 Å². The van der Waals surface area contributed by atoms with Crippen molar-refractivity contribution >= 4 is 15.8 Å². The van der Waals surface area contributed by atoms with Crippen molar-refractivity contribution in [3.8, 4) is 5.75 Å². The van der Waals surface area contributed by atoms with E-state index in [0.29, 0.717) is 5.75 Å². The van der Waals surface area contributed by atoms with Crippen LogP contribution < -0.4 is 4.74 Å². The number of ether oxygens (including phenoxy) is 2. The maximum absolute atomic E-state index is 12.0. The third-order valence-electron chi connectivity index (χ3n) is 2.24. The second-order valence-electron chi connectivity index (χ2n) is 3.88. The zero-order valence-corrected chi connectivity index (χ0v) is 11.4. The lowest BCUT2D eigenvalue weighted by Crippen LogP contribution is -2.23. The van der Waals surface area contributed by atoms with E-state index in [1.54, 1.807) is 19.1 Å². The first-order valence-corrected chi connectivity index (χ1v) is 7.04. The fourth-order valence-electron chi connectivity index (χ4n) is 1.51. The highest BCUT2D eigenvalue weighted by atomic mass is 32.2. The number of rotatable bonds is 5. The third kappa shape index (κ3) is 4.03. The zero-order valence-electron chi connectivity index (χ0n) is 10.5. The predicted octanol–water partition coefficient (Wildman–Crippen LogP) is 1.42. The van der Waals surface area contributed by atoms with Crippen LogP contribution in [-0.2, 0) is 19.4 Å². The summed E-state index contributed by atoms with van der Waals surface area (Å²) in [6.45, 7) is 2.79. The molecule has 0 fully saturated rings. The number of sulfone groups is 1. The van der Waals surface area contributed by atoms with Gasteiger partial charge in [0.25, 0.3) is 0 Å².